The molecule has 1 aromatic rings. The fourth-order valence-electron chi connectivity index (χ4n) is 4.28. The number of nitrogens with zero attached hydrogens (tertiary/aromatic N) is 2. The van der Waals surface area contributed by atoms with Crippen molar-refractivity contribution in [1.29, 1.82) is 0 Å². The van der Waals surface area contributed by atoms with Gasteiger partial charge in [0.25, 0.3) is 5.91 Å². The number of fused-ring (bicyclic) bond motifs is 1. The molecule has 3 heterocycles. The van der Waals surface area contributed by atoms with Crippen LogP contribution in [0.2, 0.25) is 0 Å². The molecule has 3 atom stereocenters. The van der Waals surface area contributed by atoms with Gasteiger partial charge in [0.1, 0.15) is 5.69 Å². The van der Waals surface area contributed by atoms with E-state index in [1.807, 2.05) is 27.0 Å². The highest BCUT2D eigenvalue weighted by atomic mass is 32.2. The number of aromatic nitrogens is 1. The lowest BCUT2D eigenvalue weighted by Gasteiger charge is -2.29. The Hall–Kier alpha value is -1.87. The maximum absolute atomic E-state index is 13.0. The molecule has 0 aromatic carbocycles. The van der Waals surface area contributed by atoms with Crippen molar-refractivity contribution in [1.82, 2.24) is 19.5 Å². The Bertz CT molecular complexity index is 816. The van der Waals surface area contributed by atoms with Crippen LogP contribution in [-0.2, 0) is 21.4 Å². The van der Waals surface area contributed by atoms with Gasteiger partial charge >= 0.3 is 0 Å². The predicted molar refractivity (Wildman–Crippen MR) is 96.8 cm³/mol. The van der Waals surface area contributed by atoms with E-state index >= 15 is 0 Å². The lowest BCUT2D eigenvalue weighted by atomic mass is 9.88. The summed E-state index contributed by atoms with van der Waals surface area (Å²) in [5, 5.41) is 3.02. The van der Waals surface area contributed by atoms with Crippen molar-refractivity contribution in [3.8, 4) is 0 Å². The first-order valence-electron chi connectivity index (χ1n) is 8.83. The maximum Gasteiger partial charge on any atom is 0.270 e. The van der Waals surface area contributed by atoms with E-state index in [9.17, 15) is 18.0 Å². The lowest BCUT2D eigenvalue weighted by molar-refractivity contribution is -0.129. The van der Waals surface area contributed by atoms with Gasteiger partial charge in [0.05, 0.1) is 24.3 Å². The fraction of sp³-hybridized carbons (Fsp3) is 0.647. The smallest absolute Gasteiger partial charge is 0.270 e. The molecule has 0 spiro atoms. The van der Waals surface area contributed by atoms with Crippen molar-refractivity contribution in [2.75, 3.05) is 19.8 Å². The molecular weight excluding hydrogens is 356 g/mol. The Morgan fingerprint density at radius 3 is 2.65 bits per heavy atom. The Morgan fingerprint density at radius 2 is 2.08 bits per heavy atom. The molecule has 1 aromatic heterocycles. The molecule has 0 saturated carbocycles. The zero-order chi connectivity index (χ0) is 19.2. The number of carbonyl (C=O) groups is 2. The van der Waals surface area contributed by atoms with Gasteiger partial charge in [0, 0.05) is 18.8 Å². The number of rotatable bonds is 5. The van der Waals surface area contributed by atoms with Gasteiger partial charge in [-0.25, -0.2) is 12.7 Å². The van der Waals surface area contributed by atoms with Gasteiger partial charge in [-0.2, -0.15) is 0 Å². The monoisotopic (exact) mass is 382 g/mol. The molecule has 3 rings (SSSR count). The second kappa shape index (κ2) is 6.70. The molecule has 2 N–H and O–H groups in total. The zero-order valence-corrected chi connectivity index (χ0v) is 16.3. The lowest BCUT2D eigenvalue weighted by Crippen LogP contribution is -2.44. The Labute approximate surface area is 154 Å². The van der Waals surface area contributed by atoms with E-state index in [-0.39, 0.29) is 11.8 Å². The van der Waals surface area contributed by atoms with Crippen LogP contribution in [0.5, 0.6) is 0 Å². The molecule has 0 radical (unpaired) electrons. The van der Waals surface area contributed by atoms with Crippen LogP contribution >= 0.6 is 0 Å². The third-order valence-corrected chi connectivity index (χ3v) is 6.44. The van der Waals surface area contributed by atoms with E-state index < -0.39 is 33.9 Å². The number of likely N-dealkylation sites (tertiary alicyclic amines) is 1. The molecule has 0 aliphatic carbocycles. The fourth-order valence-corrected chi connectivity index (χ4v) is 5.45. The van der Waals surface area contributed by atoms with E-state index in [1.165, 1.54) is 0 Å². The van der Waals surface area contributed by atoms with Crippen molar-refractivity contribution >= 4 is 21.8 Å². The molecule has 2 saturated heterocycles. The summed E-state index contributed by atoms with van der Waals surface area (Å²) < 4.78 is 25.3. The number of hydrogen-bond donors (Lipinski definition) is 2. The normalized spacial score (nSPS) is 26.0. The van der Waals surface area contributed by atoms with Crippen molar-refractivity contribution in [2.24, 2.45) is 11.8 Å². The minimum absolute atomic E-state index is 0.0568. The predicted octanol–water partition coefficient (Wildman–Crippen LogP) is 0.391. The number of nitrogens with one attached hydrogen (secondary N) is 2. The van der Waals surface area contributed by atoms with Crippen LogP contribution in [0.15, 0.2) is 12.1 Å². The van der Waals surface area contributed by atoms with Crippen molar-refractivity contribution < 1.29 is 18.0 Å². The number of amides is 2. The van der Waals surface area contributed by atoms with Crippen molar-refractivity contribution in [3.05, 3.63) is 23.5 Å². The number of H-pyrrole nitrogens is 1. The minimum Gasteiger partial charge on any atom is -0.353 e. The summed E-state index contributed by atoms with van der Waals surface area (Å²) in [4.78, 5) is 30.6. The van der Waals surface area contributed by atoms with Gasteiger partial charge in [-0.05, 0) is 31.5 Å². The van der Waals surface area contributed by atoms with Crippen LogP contribution in [0.4, 0.5) is 0 Å². The number of aromatic amines is 1. The summed E-state index contributed by atoms with van der Waals surface area (Å²) in [6, 6.07) is 2.69. The standard InChI is InChI=1S/C17H26N4O4S/c1-10(2)14-15-13(21(17(14)23)26(4,24)25)7-8-20(15)16(22)12-6-5-11(19-12)9-18-3/h5-6,10,13-15,18-19H,7-9H2,1-4H3/t13-,14+,15-/m1/s1. The third-order valence-electron chi connectivity index (χ3n) is 5.27. The van der Waals surface area contributed by atoms with Gasteiger partial charge in [-0.15, -0.1) is 0 Å². The average molecular weight is 382 g/mol. The van der Waals surface area contributed by atoms with Crippen LogP contribution < -0.4 is 5.32 Å². The number of carbonyl (C=O) groups excluding carboxylic acids is 2. The van der Waals surface area contributed by atoms with Crippen LogP contribution in [0.25, 0.3) is 0 Å². The zero-order valence-electron chi connectivity index (χ0n) is 15.5. The topological polar surface area (TPSA) is 103 Å². The Kier molecular flexibility index (Phi) is 4.87. The molecule has 8 nitrogen and oxygen atoms in total. The molecule has 2 aliphatic heterocycles. The second-order valence-corrected chi connectivity index (χ2v) is 9.30. The van der Waals surface area contributed by atoms with Gasteiger partial charge in [-0.1, -0.05) is 13.8 Å². The summed E-state index contributed by atoms with van der Waals surface area (Å²) in [5.74, 6) is -1.14. The van der Waals surface area contributed by atoms with Gasteiger partial charge < -0.3 is 15.2 Å². The summed E-state index contributed by atoms with van der Waals surface area (Å²) in [6.45, 7) is 4.85. The van der Waals surface area contributed by atoms with Crippen LogP contribution in [0.1, 0.15) is 36.5 Å². The van der Waals surface area contributed by atoms with E-state index in [2.05, 4.69) is 10.3 Å². The Balaban J connectivity index is 1.93. The molecule has 0 bridgehead atoms. The highest BCUT2D eigenvalue weighted by Crippen LogP contribution is 2.41. The SMILES string of the molecule is CNCc1ccc(C(=O)N2CC[C@@H]3[C@@H]2[C@H](C(C)C)C(=O)N3S(C)(=O)=O)[nH]1. The molecule has 2 aliphatic rings. The molecule has 2 fully saturated rings. The van der Waals surface area contributed by atoms with Crippen LogP contribution in [0, 0.1) is 11.8 Å². The van der Waals surface area contributed by atoms with Crippen molar-refractivity contribution in [3.63, 3.8) is 0 Å². The molecule has 2 amide bonds. The van der Waals surface area contributed by atoms with Gasteiger partial charge in [0.2, 0.25) is 15.9 Å². The van der Waals surface area contributed by atoms with Gasteiger partial charge in [-0.3, -0.25) is 9.59 Å². The summed E-state index contributed by atoms with van der Waals surface area (Å²) in [7, 11) is -1.84. The molecule has 0 unspecified atom stereocenters. The molecular formula is C17H26N4O4S. The first-order valence-corrected chi connectivity index (χ1v) is 10.7. The minimum atomic E-state index is -3.66. The van der Waals surface area contributed by atoms with Crippen LogP contribution in [-0.4, -0.2) is 66.4 Å². The van der Waals surface area contributed by atoms with Crippen molar-refractivity contribution in [2.45, 2.75) is 38.9 Å². The molecule has 144 valence electrons. The maximum atomic E-state index is 13.0. The highest BCUT2D eigenvalue weighted by molar-refractivity contribution is 7.88. The van der Waals surface area contributed by atoms with E-state index in [1.54, 1.807) is 11.0 Å². The molecule has 9 heteroatoms. The highest BCUT2D eigenvalue weighted by Gasteiger charge is 2.58. The van der Waals surface area contributed by atoms with E-state index in [4.69, 9.17) is 0 Å². The largest absolute Gasteiger partial charge is 0.353 e. The van der Waals surface area contributed by atoms with E-state index in [0.29, 0.717) is 25.2 Å². The summed E-state index contributed by atoms with van der Waals surface area (Å²) in [5.41, 5.74) is 1.36. The average Bonchev–Trinajstić information content (AvgIpc) is 3.19. The van der Waals surface area contributed by atoms with E-state index in [0.717, 1.165) is 16.3 Å². The Morgan fingerprint density at radius 1 is 1.38 bits per heavy atom. The second-order valence-electron chi connectivity index (χ2n) is 7.44. The third kappa shape index (κ3) is 3.03. The number of hydrogen-bond acceptors (Lipinski definition) is 5. The molecule has 26 heavy (non-hydrogen) atoms. The quantitative estimate of drug-likeness (QED) is 0.767. The van der Waals surface area contributed by atoms with Crippen LogP contribution in [0.3, 0.4) is 0 Å². The van der Waals surface area contributed by atoms with Gasteiger partial charge in [0.15, 0.2) is 0 Å². The first kappa shape index (κ1) is 18.9. The summed E-state index contributed by atoms with van der Waals surface area (Å²) >= 11 is 0. The summed E-state index contributed by atoms with van der Waals surface area (Å²) in [6.07, 6.45) is 1.53. The number of sulfonamides is 1. The first-order chi connectivity index (χ1) is 12.2.